The predicted octanol–water partition coefficient (Wildman–Crippen LogP) is 3.64. The molecular formula is C25H25ClN6O2. The molecule has 1 fully saturated rings. The molecule has 9 heteroatoms. The maximum Gasteiger partial charge on any atom is 0.260 e. The van der Waals surface area contributed by atoms with E-state index in [1.807, 2.05) is 43.3 Å². The Morgan fingerprint density at radius 1 is 1.21 bits per heavy atom. The summed E-state index contributed by atoms with van der Waals surface area (Å²) < 4.78 is 7.00. The van der Waals surface area contributed by atoms with Crippen LogP contribution in [0.3, 0.4) is 0 Å². The number of halogens is 1. The lowest BCUT2D eigenvalue weighted by atomic mass is 10.0. The van der Waals surface area contributed by atoms with E-state index >= 15 is 0 Å². The van der Waals surface area contributed by atoms with E-state index in [2.05, 4.69) is 20.3 Å². The molecule has 5 rings (SSSR count). The van der Waals surface area contributed by atoms with Crippen molar-refractivity contribution < 1.29 is 4.74 Å². The molecule has 3 aromatic heterocycles. The molecule has 3 N–H and O–H groups in total. The third-order valence-electron chi connectivity index (χ3n) is 5.89. The molecule has 1 aromatic carbocycles. The average Bonchev–Trinajstić information content (AvgIpc) is 3.34. The largest absolute Gasteiger partial charge is 0.379 e. The third kappa shape index (κ3) is 4.40. The number of aromatic nitrogens is 4. The number of nitrogens with zero attached hydrogens (tertiary/aromatic N) is 4. The molecule has 8 nitrogen and oxygen atoms in total. The minimum absolute atomic E-state index is 0.159. The quantitative estimate of drug-likeness (QED) is 0.437. The van der Waals surface area contributed by atoms with E-state index in [0.29, 0.717) is 54.0 Å². The lowest BCUT2D eigenvalue weighted by molar-refractivity contribution is 0.195. The van der Waals surface area contributed by atoms with Crippen molar-refractivity contribution >= 4 is 28.6 Å². The number of hydrogen-bond acceptors (Lipinski definition) is 7. The van der Waals surface area contributed by atoms with Gasteiger partial charge < -0.3 is 15.8 Å². The van der Waals surface area contributed by atoms with Crippen LogP contribution < -0.4 is 16.6 Å². The van der Waals surface area contributed by atoms with Crippen LogP contribution in [0.4, 0.5) is 5.95 Å². The second-order valence-electron chi connectivity index (χ2n) is 8.34. The van der Waals surface area contributed by atoms with E-state index in [-0.39, 0.29) is 11.6 Å². The Balaban J connectivity index is 1.58. The molecule has 1 saturated heterocycles. The molecule has 0 radical (unpaired) electrons. The molecule has 1 aliphatic rings. The van der Waals surface area contributed by atoms with Gasteiger partial charge in [0, 0.05) is 58.7 Å². The normalized spacial score (nSPS) is 15.7. The van der Waals surface area contributed by atoms with Crippen LogP contribution in [0.25, 0.3) is 33.4 Å². The summed E-state index contributed by atoms with van der Waals surface area (Å²) in [6.45, 7) is 3.90. The summed E-state index contributed by atoms with van der Waals surface area (Å²) in [6.07, 6.45) is 2.61. The fourth-order valence-corrected chi connectivity index (χ4v) is 4.47. The number of anilines is 1. The standard InChI is InChI=1S/C25H25ClN6O2/c1-15-3-2-4-22(29-15)16-5-6-19(21(26)12-16)20-11-17-13-28-25(30-18-7-10-34-14-18)31-23(17)32(9-8-27)24(20)33/h2-6,11-13,18H,7-10,14,27H2,1H3,(H,28,30,31)/t18-/m1/s1. The molecule has 1 aliphatic heterocycles. The van der Waals surface area contributed by atoms with Gasteiger partial charge in [0.05, 0.1) is 18.3 Å². The Morgan fingerprint density at radius 3 is 2.82 bits per heavy atom. The second-order valence-corrected chi connectivity index (χ2v) is 8.75. The van der Waals surface area contributed by atoms with Crippen molar-refractivity contribution in [3.8, 4) is 22.4 Å². The van der Waals surface area contributed by atoms with Crippen LogP contribution in [0, 0.1) is 6.92 Å². The topological polar surface area (TPSA) is 108 Å². The van der Waals surface area contributed by atoms with Crippen LogP contribution in [-0.4, -0.2) is 45.3 Å². The summed E-state index contributed by atoms with van der Waals surface area (Å²) in [7, 11) is 0. The van der Waals surface area contributed by atoms with E-state index in [1.54, 1.807) is 16.8 Å². The van der Waals surface area contributed by atoms with Crippen molar-refractivity contribution in [1.82, 2.24) is 19.5 Å². The monoisotopic (exact) mass is 476 g/mol. The second kappa shape index (κ2) is 9.50. The smallest absolute Gasteiger partial charge is 0.260 e. The van der Waals surface area contributed by atoms with Gasteiger partial charge >= 0.3 is 0 Å². The molecule has 34 heavy (non-hydrogen) atoms. The SMILES string of the molecule is Cc1cccc(-c2ccc(-c3cc4cnc(N[C@@H]5CCOC5)nc4n(CCN)c3=O)c(Cl)c2)n1. The Morgan fingerprint density at radius 2 is 2.09 bits per heavy atom. The zero-order valence-electron chi connectivity index (χ0n) is 18.8. The van der Waals surface area contributed by atoms with Crippen molar-refractivity contribution in [3.63, 3.8) is 0 Å². The number of pyridine rings is 2. The molecule has 174 valence electrons. The number of nitrogens with two attached hydrogens (primary N) is 1. The van der Waals surface area contributed by atoms with Gasteiger partial charge in [0.15, 0.2) is 0 Å². The lowest BCUT2D eigenvalue weighted by Gasteiger charge is -2.15. The van der Waals surface area contributed by atoms with Gasteiger partial charge in [0.1, 0.15) is 5.65 Å². The fourth-order valence-electron chi connectivity index (χ4n) is 4.19. The van der Waals surface area contributed by atoms with Crippen molar-refractivity contribution in [2.24, 2.45) is 5.73 Å². The van der Waals surface area contributed by atoms with E-state index < -0.39 is 0 Å². The summed E-state index contributed by atoms with van der Waals surface area (Å²) in [4.78, 5) is 27.2. The van der Waals surface area contributed by atoms with Gasteiger partial charge in [0.25, 0.3) is 5.56 Å². The number of benzene rings is 1. The molecule has 0 spiro atoms. The van der Waals surface area contributed by atoms with Gasteiger partial charge in [-0.05, 0) is 37.6 Å². The molecule has 0 unspecified atom stereocenters. The van der Waals surface area contributed by atoms with Gasteiger partial charge in [-0.25, -0.2) is 4.98 Å². The Hall–Kier alpha value is -3.33. The molecule has 0 bridgehead atoms. The zero-order valence-corrected chi connectivity index (χ0v) is 19.5. The highest BCUT2D eigenvalue weighted by molar-refractivity contribution is 6.33. The number of hydrogen-bond donors (Lipinski definition) is 2. The van der Waals surface area contributed by atoms with Crippen LogP contribution in [0.15, 0.2) is 53.5 Å². The minimum atomic E-state index is -0.199. The highest BCUT2D eigenvalue weighted by Crippen LogP contribution is 2.31. The van der Waals surface area contributed by atoms with E-state index in [0.717, 1.165) is 28.8 Å². The summed E-state index contributed by atoms with van der Waals surface area (Å²) in [5, 5.41) is 4.48. The number of rotatable bonds is 6. The van der Waals surface area contributed by atoms with Crippen molar-refractivity contribution in [2.45, 2.75) is 25.9 Å². The molecular weight excluding hydrogens is 452 g/mol. The summed E-state index contributed by atoms with van der Waals surface area (Å²) in [6, 6.07) is 13.4. The van der Waals surface area contributed by atoms with Crippen molar-refractivity contribution in [1.29, 1.82) is 0 Å². The zero-order chi connectivity index (χ0) is 23.7. The molecule has 4 heterocycles. The van der Waals surface area contributed by atoms with E-state index in [4.69, 9.17) is 22.1 Å². The van der Waals surface area contributed by atoms with Gasteiger partial charge in [0.2, 0.25) is 5.95 Å². The first kappa shape index (κ1) is 22.5. The van der Waals surface area contributed by atoms with E-state index in [9.17, 15) is 4.79 Å². The van der Waals surface area contributed by atoms with E-state index in [1.165, 1.54) is 0 Å². The van der Waals surface area contributed by atoms with Gasteiger partial charge in [-0.15, -0.1) is 0 Å². The van der Waals surface area contributed by atoms with Crippen molar-refractivity contribution in [3.05, 3.63) is 69.7 Å². The Labute approximate surface area is 201 Å². The van der Waals surface area contributed by atoms with Crippen LogP contribution in [0.1, 0.15) is 12.1 Å². The maximum absolute atomic E-state index is 13.5. The number of nitrogens with one attached hydrogen (secondary N) is 1. The number of ether oxygens (including phenoxy) is 1. The highest BCUT2D eigenvalue weighted by Gasteiger charge is 2.19. The predicted molar refractivity (Wildman–Crippen MR) is 134 cm³/mol. The van der Waals surface area contributed by atoms with Crippen LogP contribution >= 0.6 is 11.6 Å². The van der Waals surface area contributed by atoms with Gasteiger partial charge in [-0.2, -0.15) is 4.98 Å². The minimum Gasteiger partial charge on any atom is -0.379 e. The maximum atomic E-state index is 13.5. The van der Waals surface area contributed by atoms with Crippen LogP contribution in [-0.2, 0) is 11.3 Å². The molecule has 1 atom stereocenters. The Kier molecular flexibility index (Phi) is 6.28. The Bertz CT molecular complexity index is 1410. The lowest BCUT2D eigenvalue weighted by Crippen LogP contribution is -2.27. The first-order valence-electron chi connectivity index (χ1n) is 11.2. The molecule has 4 aromatic rings. The molecule has 0 amide bonds. The van der Waals surface area contributed by atoms with Gasteiger partial charge in [-0.3, -0.25) is 14.3 Å². The molecule has 0 aliphatic carbocycles. The summed E-state index contributed by atoms with van der Waals surface area (Å²) >= 11 is 6.67. The summed E-state index contributed by atoms with van der Waals surface area (Å²) in [5.74, 6) is 0.467. The van der Waals surface area contributed by atoms with Crippen LogP contribution in [0.2, 0.25) is 5.02 Å². The first-order chi connectivity index (χ1) is 16.5. The third-order valence-corrected chi connectivity index (χ3v) is 6.20. The van der Waals surface area contributed by atoms with Crippen LogP contribution in [0.5, 0.6) is 0 Å². The first-order valence-corrected chi connectivity index (χ1v) is 11.6. The van der Waals surface area contributed by atoms with Crippen molar-refractivity contribution in [2.75, 3.05) is 25.1 Å². The fraction of sp³-hybridized carbons (Fsp3) is 0.280. The average molecular weight is 477 g/mol. The molecule has 0 saturated carbocycles. The number of fused-ring (bicyclic) bond motifs is 1. The summed E-state index contributed by atoms with van der Waals surface area (Å²) in [5.41, 5.74) is 9.92. The number of aryl methyl sites for hydroxylation is 1. The van der Waals surface area contributed by atoms with Gasteiger partial charge in [-0.1, -0.05) is 29.8 Å². The highest BCUT2D eigenvalue weighted by atomic mass is 35.5.